The molecule has 8 heteroatoms. The quantitative estimate of drug-likeness (QED) is 0.814. The monoisotopic (exact) mass is 365 g/mol. The average molecular weight is 365 g/mol. The number of thioether (sulfide) groups is 1. The Morgan fingerprint density at radius 3 is 2.62 bits per heavy atom. The van der Waals surface area contributed by atoms with Crippen molar-refractivity contribution < 1.29 is 13.2 Å². The van der Waals surface area contributed by atoms with Crippen molar-refractivity contribution in [3.63, 3.8) is 0 Å². The number of nitrogens with zero attached hydrogens (tertiary/aromatic N) is 2. The minimum atomic E-state index is -3.61. The average Bonchev–Trinajstić information content (AvgIpc) is 2.56. The first-order valence-electron chi connectivity index (χ1n) is 7.19. The highest BCUT2D eigenvalue weighted by Gasteiger charge is 2.21. The van der Waals surface area contributed by atoms with Gasteiger partial charge in [-0.2, -0.15) is 0 Å². The van der Waals surface area contributed by atoms with E-state index >= 15 is 0 Å². The highest BCUT2D eigenvalue weighted by molar-refractivity contribution is 7.99. The van der Waals surface area contributed by atoms with Gasteiger partial charge in [0.15, 0.2) is 0 Å². The third-order valence-electron chi connectivity index (χ3n) is 3.14. The van der Waals surface area contributed by atoms with Crippen molar-refractivity contribution in [2.75, 3.05) is 25.2 Å². The molecule has 0 spiro atoms. The number of carbonyl (C=O) groups excluding carboxylic acids is 1. The first kappa shape index (κ1) is 18.4. The first-order valence-corrected chi connectivity index (χ1v) is 9.79. The maximum atomic E-state index is 12.3. The Morgan fingerprint density at radius 2 is 1.96 bits per heavy atom. The highest BCUT2D eigenvalue weighted by Crippen LogP contribution is 2.23. The first-order chi connectivity index (χ1) is 11.4. The van der Waals surface area contributed by atoms with Crippen molar-refractivity contribution >= 4 is 33.4 Å². The zero-order valence-corrected chi connectivity index (χ0v) is 15.1. The lowest BCUT2D eigenvalue weighted by atomic mass is 10.3. The minimum Gasteiger partial charge on any atom is -0.324 e. The number of para-hydroxylation sites is 1. The molecule has 2 rings (SSSR count). The van der Waals surface area contributed by atoms with E-state index in [1.807, 2.05) is 12.1 Å². The summed E-state index contributed by atoms with van der Waals surface area (Å²) in [6, 6.07) is 10.2. The van der Waals surface area contributed by atoms with Crippen LogP contribution in [-0.2, 0) is 20.6 Å². The summed E-state index contributed by atoms with van der Waals surface area (Å²) in [5, 5.41) is 2.68. The van der Waals surface area contributed by atoms with E-state index in [1.54, 1.807) is 30.6 Å². The Kier molecular flexibility index (Phi) is 6.36. The van der Waals surface area contributed by atoms with Gasteiger partial charge in [-0.25, -0.2) is 12.7 Å². The highest BCUT2D eigenvalue weighted by atomic mass is 32.2. The van der Waals surface area contributed by atoms with Gasteiger partial charge in [-0.15, -0.1) is 11.8 Å². The molecule has 1 N–H and O–H groups in total. The maximum Gasteiger partial charge on any atom is 0.244 e. The van der Waals surface area contributed by atoms with Crippen LogP contribution in [0.1, 0.15) is 5.56 Å². The van der Waals surface area contributed by atoms with Crippen LogP contribution in [-0.4, -0.2) is 43.5 Å². The van der Waals surface area contributed by atoms with Gasteiger partial charge >= 0.3 is 0 Å². The van der Waals surface area contributed by atoms with E-state index in [0.717, 1.165) is 9.87 Å². The standard InChI is InChI=1S/C16H19N3O3S2/c1-19(2)24(21,22)15-8-4-3-7-14(15)18-16(20)12-23-11-13-6-5-9-17-10-13/h3-10H,11-12H2,1-2H3,(H,18,20). The number of sulfonamides is 1. The number of nitrogens with one attached hydrogen (secondary N) is 1. The molecule has 0 unspecified atom stereocenters. The van der Waals surface area contributed by atoms with E-state index in [9.17, 15) is 13.2 Å². The molecule has 0 radical (unpaired) electrons. The SMILES string of the molecule is CN(C)S(=O)(=O)c1ccccc1NC(=O)CSCc1cccnc1. The number of amides is 1. The Bertz CT molecular complexity index is 793. The molecule has 6 nitrogen and oxygen atoms in total. The molecule has 0 atom stereocenters. The van der Waals surface area contributed by atoms with E-state index in [2.05, 4.69) is 10.3 Å². The van der Waals surface area contributed by atoms with Gasteiger partial charge < -0.3 is 5.32 Å². The third-order valence-corrected chi connectivity index (χ3v) is 6.02. The number of aromatic nitrogens is 1. The summed E-state index contributed by atoms with van der Waals surface area (Å²) in [6.07, 6.45) is 3.45. The predicted molar refractivity (Wildman–Crippen MR) is 96.3 cm³/mol. The summed E-state index contributed by atoms with van der Waals surface area (Å²) >= 11 is 1.44. The maximum absolute atomic E-state index is 12.3. The number of hydrogen-bond acceptors (Lipinski definition) is 5. The fourth-order valence-corrected chi connectivity index (χ4v) is 3.73. The smallest absolute Gasteiger partial charge is 0.244 e. The van der Waals surface area contributed by atoms with Crippen LogP contribution in [0.25, 0.3) is 0 Å². The van der Waals surface area contributed by atoms with Gasteiger partial charge in [-0.3, -0.25) is 9.78 Å². The molecule has 0 fully saturated rings. The topological polar surface area (TPSA) is 79.4 Å². The van der Waals surface area contributed by atoms with Gasteiger partial charge in [0, 0.05) is 32.2 Å². The van der Waals surface area contributed by atoms with Crippen molar-refractivity contribution in [3.05, 3.63) is 54.4 Å². The van der Waals surface area contributed by atoms with Gasteiger partial charge in [0.1, 0.15) is 4.90 Å². The van der Waals surface area contributed by atoms with Crippen LogP contribution < -0.4 is 5.32 Å². The zero-order chi connectivity index (χ0) is 17.6. The summed E-state index contributed by atoms with van der Waals surface area (Å²) in [5.41, 5.74) is 1.32. The van der Waals surface area contributed by atoms with Crippen molar-refractivity contribution in [3.8, 4) is 0 Å². The summed E-state index contributed by atoms with van der Waals surface area (Å²) in [4.78, 5) is 16.2. The van der Waals surface area contributed by atoms with E-state index in [0.29, 0.717) is 5.75 Å². The van der Waals surface area contributed by atoms with Gasteiger partial charge in [0.25, 0.3) is 0 Å². The largest absolute Gasteiger partial charge is 0.324 e. The van der Waals surface area contributed by atoms with Gasteiger partial charge in [-0.05, 0) is 23.8 Å². The van der Waals surface area contributed by atoms with Crippen molar-refractivity contribution in [2.45, 2.75) is 10.6 Å². The normalized spacial score (nSPS) is 11.5. The Labute approximate surface area is 146 Å². The number of carbonyl (C=O) groups is 1. The van der Waals surface area contributed by atoms with Crippen LogP contribution in [0.3, 0.4) is 0 Å². The molecule has 0 saturated carbocycles. The molecule has 1 aromatic heterocycles. The molecule has 0 aliphatic rings. The van der Waals surface area contributed by atoms with Crippen molar-refractivity contribution in [2.24, 2.45) is 0 Å². The van der Waals surface area contributed by atoms with Gasteiger partial charge in [-0.1, -0.05) is 18.2 Å². The Hall–Kier alpha value is -1.90. The summed E-state index contributed by atoms with van der Waals surface area (Å²) < 4.78 is 25.7. The van der Waals surface area contributed by atoms with Gasteiger partial charge in [0.05, 0.1) is 11.4 Å². The number of hydrogen-bond donors (Lipinski definition) is 1. The third kappa shape index (κ3) is 4.80. The number of pyridine rings is 1. The molecule has 1 heterocycles. The lowest BCUT2D eigenvalue weighted by Crippen LogP contribution is -2.24. The van der Waals surface area contributed by atoms with Crippen molar-refractivity contribution in [1.82, 2.24) is 9.29 Å². The van der Waals surface area contributed by atoms with Crippen LogP contribution >= 0.6 is 11.8 Å². The zero-order valence-electron chi connectivity index (χ0n) is 13.5. The lowest BCUT2D eigenvalue weighted by molar-refractivity contribution is -0.113. The second-order valence-corrected chi connectivity index (χ2v) is 8.29. The van der Waals surface area contributed by atoms with Crippen LogP contribution in [0, 0.1) is 0 Å². The number of anilines is 1. The fraction of sp³-hybridized carbons (Fsp3) is 0.250. The molecule has 2 aromatic rings. The minimum absolute atomic E-state index is 0.0839. The molecule has 128 valence electrons. The Balaban J connectivity index is 2.00. The molecule has 0 aliphatic carbocycles. The van der Waals surface area contributed by atoms with Gasteiger partial charge in [0.2, 0.25) is 15.9 Å². The summed E-state index contributed by atoms with van der Waals surface area (Å²) in [6.45, 7) is 0. The summed E-state index contributed by atoms with van der Waals surface area (Å²) in [7, 11) is -0.701. The molecule has 0 bridgehead atoms. The molecule has 1 amide bonds. The van der Waals surface area contributed by atoms with Crippen LogP contribution in [0.4, 0.5) is 5.69 Å². The van der Waals surface area contributed by atoms with E-state index in [-0.39, 0.29) is 22.2 Å². The van der Waals surface area contributed by atoms with Crippen LogP contribution in [0.15, 0.2) is 53.7 Å². The van der Waals surface area contributed by atoms with E-state index in [4.69, 9.17) is 0 Å². The number of benzene rings is 1. The molecule has 0 saturated heterocycles. The second-order valence-electron chi connectivity index (χ2n) is 5.19. The second kappa shape index (κ2) is 8.27. The predicted octanol–water partition coefficient (Wildman–Crippen LogP) is 2.20. The van der Waals surface area contributed by atoms with E-state index in [1.165, 1.54) is 31.9 Å². The fourth-order valence-electron chi connectivity index (χ4n) is 1.92. The lowest BCUT2D eigenvalue weighted by Gasteiger charge is -2.15. The van der Waals surface area contributed by atoms with E-state index < -0.39 is 10.0 Å². The number of rotatable bonds is 7. The van der Waals surface area contributed by atoms with Crippen molar-refractivity contribution in [1.29, 1.82) is 0 Å². The summed E-state index contributed by atoms with van der Waals surface area (Å²) in [5.74, 6) is 0.648. The molecule has 24 heavy (non-hydrogen) atoms. The molecular weight excluding hydrogens is 346 g/mol. The molecule has 1 aromatic carbocycles. The Morgan fingerprint density at radius 1 is 1.21 bits per heavy atom. The van der Waals surface area contributed by atoms with Crippen LogP contribution in [0.2, 0.25) is 0 Å². The molecular formula is C16H19N3O3S2. The molecule has 0 aliphatic heterocycles. The van der Waals surface area contributed by atoms with Crippen LogP contribution in [0.5, 0.6) is 0 Å².